The maximum atomic E-state index is 13.2. The van der Waals surface area contributed by atoms with Crippen LogP contribution in [0.25, 0.3) is 11.1 Å². The molecule has 0 radical (unpaired) electrons. The van der Waals surface area contributed by atoms with E-state index in [4.69, 9.17) is 4.42 Å². The van der Waals surface area contributed by atoms with Gasteiger partial charge in [-0.15, -0.1) is 0 Å². The Hall–Kier alpha value is -3.10. The van der Waals surface area contributed by atoms with Gasteiger partial charge in [0.1, 0.15) is 11.6 Å². The fourth-order valence-electron chi connectivity index (χ4n) is 4.40. The second-order valence-electron chi connectivity index (χ2n) is 7.46. The molecule has 1 aromatic heterocycles. The van der Waals surface area contributed by atoms with E-state index in [1.54, 1.807) is 4.90 Å². The third-order valence-electron chi connectivity index (χ3n) is 5.78. The summed E-state index contributed by atoms with van der Waals surface area (Å²) in [7, 11) is 0. The van der Waals surface area contributed by atoms with Crippen molar-refractivity contribution in [3.05, 3.63) is 24.3 Å². The number of para-hydroxylation sites is 2. The summed E-state index contributed by atoms with van der Waals surface area (Å²) in [6.45, 7) is 1.68. The molecule has 3 aliphatic heterocycles. The van der Waals surface area contributed by atoms with Gasteiger partial charge in [0.15, 0.2) is 5.58 Å². The Bertz CT molecular complexity index is 908. The van der Waals surface area contributed by atoms with Crippen LogP contribution in [-0.2, 0) is 9.59 Å². The average Bonchev–Trinajstić information content (AvgIpc) is 3.47. The Labute approximate surface area is 161 Å². The maximum Gasteiger partial charge on any atom is 0.324 e. The minimum Gasteiger partial charge on any atom is -0.423 e. The van der Waals surface area contributed by atoms with Crippen LogP contribution in [0.2, 0.25) is 0 Å². The van der Waals surface area contributed by atoms with Crippen LogP contribution in [0.15, 0.2) is 28.7 Å². The highest BCUT2D eigenvalue weighted by molar-refractivity contribution is 6.02. The number of rotatable bonds is 3. The van der Waals surface area contributed by atoms with Crippen LogP contribution in [0.5, 0.6) is 0 Å². The van der Waals surface area contributed by atoms with E-state index in [0.717, 1.165) is 18.4 Å². The molecule has 9 nitrogen and oxygen atoms in total. The molecule has 2 aromatic rings. The summed E-state index contributed by atoms with van der Waals surface area (Å²) in [6.07, 6.45) is 2.24. The van der Waals surface area contributed by atoms with Crippen molar-refractivity contribution in [2.75, 3.05) is 31.1 Å². The summed E-state index contributed by atoms with van der Waals surface area (Å²) >= 11 is 0. The molecule has 28 heavy (non-hydrogen) atoms. The highest BCUT2D eigenvalue weighted by atomic mass is 16.4. The molecule has 3 aliphatic rings. The monoisotopic (exact) mass is 383 g/mol. The summed E-state index contributed by atoms with van der Waals surface area (Å²) in [6, 6.07) is 7.08. The summed E-state index contributed by atoms with van der Waals surface area (Å²) in [5.41, 5.74) is 1.48. The maximum absolute atomic E-state index is 13.2. The van der Waals surface area contributed by atoms with E-state index in [0.29, 0.717) is 37.7 Å². The molecule has 146 valence electrons. The molecule has 5 rings (SSSR count). The van der Waals surface area contributed by atoms with Gasteiger partial charge in [0, 0.05) is 19.6 Å². The van der Waals surface area contributed by atoms with Crippen LogP contribution < -0.4 is 10.2 Å². The van der Waals surface area contributed by atoms with Gasteiger partial charge >= 0.3 is 6.03 Å². The van der Waals surface area contributed by atoms with Gasteiger partial charge in [0.2, 0.25) is 11.8 Å². The Morgan fingerprint density at radius 2 is 2.04 bits per heavy atom. The molecule has 0 aliphatic carbocycles. The number of carbonyl (C=O) groups excluding carboxylic acids is 3. The fraction of sp³-hybridized carbons (Fsp3) is 0.474. The molecule has 3 saturated heterocycles. The van der Waals surface area contributed by atoms with Crippen LogP contribution in [0.1, 0.15) is 19.3 Å². The van der Waals surface area contributed by atoms with Crippen molar-refractivity contribution in [2.24, 2.45) is 0 Å². The number of urea groups is 1. The molecule has 4 amide bonds. The van der Waals surface area contributed by atoms with Gasteiger partial charge in [-0.1, -0.05) is 12.1 Å². The van der Waals surface area contributed by atoms with Gasteiger partial charge in [0.25, 0.3) is 6.01 Å². The van der Waals surface area contributed by atoms with Crippen molar-refractivity contribution in [3.8, 4) is 0 Å². The van der Waals surface area contributed by atoms with Gasteiger partial charge in [-0.05, 0) is 31.4 Å². The van der Waals surface area contributed by atoms with Crippen LogP contribution in [0.3, 0.4) is 0 Å². The molecular formula is C19H21N5O4. The van der Waals surface area contributed by atoms with E-state index in [1.165, 1.54) is 4.90 Å². The van der Waals surface area contributed by atoms with Crippen molar-refractivity contribution in [2.45, 2.75) is 31.3 Å². The number of nitrogens with one attached hydrogen (secondary N) is 1. The van der Waals surface area contributed by atoms with Gasteiger partial charge in [-0.2, -0.15) is 4.98 Å². The number of oxazole rings is 1. The molecule has 3 fully saturated rings. The molecule has 0 bridgehead atoms. The Morgan fingerprint density at radius 3 is 2.82 bits per heavy atom. The Morgan fingerprint density at radius 1 is 1.18 bits per heavy atom. The van der Waals surface area contributed by atoms with Crippen LogP contribution >= 0.6 is 0 Å². The molecule has 1 N–H and O–H groups in total. The minimum atomic E-state index is -0.363. The lowest BCUT2D eigenvalue weighted by Gasteiger charge is -2.27. The molecule has 0 spiro atoms. The number of carbonyl (C=O) groups is 3. The second-order valence-corrected chi connectivity index (χ2v) is 7.46. The summed E-state index contributed by atoms with van der Waals surface area (Å²) in [5.74, 6) is -0.215. The van der Waals surface area contributed by atoms with Crippen molar-refractivity contribution in [1.29, 1.82) is 0 Å². The summed E-state index contributed by atoms with van der Waals surface area (Å²) in [5, 5.41) is 2.54. The van der Waals surface area contributed by atoms with E-state index in [2.05, 4.69) is 10.3 Å². The summed E-state index contributed by atoms with van der Waals surface area (Å²) < 4.78 is 5.86. The van der Waals surface area contributed by atoms with E-state index in [-0.39, 0.29) is 36.5 Å². The number of hydrogen-bond acceptors (Lipinski definition) is 6. The van der Waals surface area contributed by atoms with Crippen LogP contribution in [-0.4, -0.2) is 70.9 Å². The smallest absolute Gasteiger partial charge is 0.324 e. The number of benzene rings is 1. The first kappa shape index (κ1) is 17.0. The zero-order chi connectivity index (χ0) is 19.3. The molecule has 4 heterocycles. The lowest BCUT2D eigenvalue weighted by molar-refractivity contribution is -0.132. The number of hydrogen-bond donors (Lipinski definition) is 1. The SMILES string of the molecule is O=C(C1CCCN1c1nc2ccccc2o1)N1CCC(N2C(=O)CNC2=O)C1. The van der Waals surface area contributed by atoms with Crippen LogP contribution in [0, 0.1) is 0 Å². The molecule has 0 saturated carbocycles. The highest BCUT2D eigenvalue weighted by Gasteiger charge is 2.43. The first-order valence-electron chi connectivity index (χ1n) is 9.63. The first-order valence-corrected chi connectivity index (χ1v) is 9.63. The third kappa shape index (κ3) is 2.69. The highest BCUT2D eigenvalue weighted by Crippen LogP contribution is 2.30. The van der Waals surface area contributed by atoms with Crippen molar-refractivity contribution < 1.29 is 18.8 Å². The molecule has 9 heteroatoms. The topological polar surface area (TPSA) is 99.0 Å². The molecule has 1 aromatic carbocycles. The zero-order valence-corrected chi connectivity index (χ0v) is 15.3. The van der Waals surface area contributed by atoms with Gasteiger partial charge in [-0.25, -0.2) is 4.79 Å². The quantitative estimate of drug-likeness (QED) is 0.793. The number of nitrogens with zero attached hydrogens (tertiary/aromatic N) is 4. The Kier molecular flexibility index (Phi) is 3.96. The predicted molar refractivity (Wildman–Crippen MR) is 99.6 cm³/mol. The first-order chi connectivity index (χ1) is 13.6. The van der Waals surface area contributed by atoms with E-state index < -0.39 is 0 Å². The lowest BCUT2D eigenvalue weighted by Crippen LogP contribution is -2.47. The van der Waals surface area contributed by atoms with Crippen molar-refractivity contribution in [3.63, 3.8) is 0 Å². The number of aromatic nitrogens is 1. The van der Waals surface area contributed by atoms with E-state index >= 15 is 0 Å². The predicted octanol–water partition coefficient (Wildman–Crippen LogP) is 0.949. The van der Waals surface area contributed by atoms with Gasteiger partial charge in [0.05, 0.1) is 12.6 Å². The largest absolute Gasteiger partial charge is 0.423 e. The van der Waals surface area contributed by atoms with E-state index in [9.17, 15) is 14.4 Å². The van der Waals surface area contributed by atoms with E-state index in [1.807, 2.05) is 29.2 Å². The number of likely N-dealkylation sites (tertiary alicyclic amines) is 1. The zero-order valence-electron chi connectivity index (χ0n) is 15.3. The van der Waals surface area contributed by atoms with Gasteiger partial charge in [-0.3, -0.25) is 14.5 Å². The number of anilines is 1. The standard InChI is InChI=1S/C19H21N5O4/c25-16-10-20-18(27)24(16)12-7-9-22(11-12)17(26)14-5-3-8-23(14)19-21-13-4-1-2-6-15(13)28-19/h1-2,4,6,12,14H,3,5,7-11H2,(H,20,27). The third-order valence-corrected chi connectivity index (χ3v) is 5.78. The second kappa shape index (κ2) is 6.50. The normalized spacial score (nSPS) is 25.2. The average molecular weight is 383 g/mol. The molecule has 2 unspecified atom stereocenters. The molecule has 2 atom stereocenters. The lowest BCUT2D eigenvalue weighted by atomic mass is 10.2. The van der Waals surface area contributed by atoms with Crippen LogP contribution in [0.4, 0.5) is 10.8 Å². The minimum absolute atomic E-state index is 0.00862. The number of imide groups is 1. The summed E-state index contributed by atoms with van der Waals surface area (Å²) in [4.78, 5) is 46.5. The molecular weight excluding hydrogens is 362 g/mol. The van der Waals surface area contributed by atoms with Gasteiger partial charge < -0.3 is 19.5 Å². The Balaban J connectivity index is 1.32. The number of fused-ring (bicyclic) bond motifs is 1. The number of amides is 4. The van der Waals surface area contributed by atoms with Crippen molar-refractivity contribution in [1.82, 2.24) is 20.1 Å². The fourth-order valence-corrected chi connectivity index (χ4v) is 4.40. The van der Waals surface area contributed by atoms with Crippen molar-refractivity contribution >= 4 is 35.0 Å².